The third-order valence-corrected chi connectivity index (χ3v) is 5.77. The van der Waals surface area contributed by atoms with E-state index in [1.807, 2.05) is 31.2 Å². The molecule has 1 aromatic carbocycles. The summed E-state index contributed by atoms with van der Waals surface area (Å²) in [6.45, 7) is 5.03. The Balaban J connectivity index is 2.02. The molecule has 0 saturated heterocycles. The molecule has 0 aliphatic carbocycles. The van der Waals surface area contributed by atoms with Crippen LogP contribution in [0.25, 0.3) is 0 Å². The van der Waals surface area contributed by atoms with Crippen LogP contribution in [-0.4, -0.2) is 51.4 Å². The number of rotatable bonds is 7. The molecule has 1 amide bonds. The molecule has 8 heteroatoms. The Morgan fingerprint density at radius 3 is 2.76 bits per heavy atom. The van der Waals surface area contributed by atoms with Crippen LogP contribution in [-0.2, 0) is 14.6 Å². The molecule has 0 saturated carbocycles. The zero-order chi connectivity index (χ0) is 18.3. The maximum Gasteiger partial charge on any atom is 0.225 e. The van der Waals surface area contributed by atoms with Crippen LogP contribution in [0.5, 0.6) is 0 Å². The number of fused-ring (bicyclic) bond motifs is 1. The number of nitrogens with one attached hydrogen (secondary N) is 3. The van der Waals surface area contributed by atoms with Gasteiger partial charge in [0.1, 0.15) is 0 Å². The summed E-state index contributed by atoms with van der Waals surface area (Å²) in [6, 6.07) is 7.74. The van der Waals surface area contributed by atoms with Gasteiger partial charge in [-0.05, 0) is 18.6 Å². The zero-order valence-electron chi connectivity index (χ0n) is 14.7. The van der Waals surface area contributed by atoms with E-state index in [2.05, 4.69) is 20.9 Å². The Hall–Kier alpha value is -2.09. The number of benzene rings is 1. The van der Waals surface area contributed by atoms with Gasteiger partial charge in [0, 0.05) is 36.9 Å². The van der Waals surface area contributed by atoms with E-state index in [9.17, 15) is 13.2 Å². The van der Waals surface area contributed by atoms with Crippen LogP contribution in [0.4, 0.5) is 5.69 Å². The molecule has 0 radical (unpaired) electrons. The highest BCUT2D eigenvalue weighted by Gasteiger charge is 2.24. The van der Waals surface area contributed by atoms with Gasteiger partial charge in [0.25, 0.3) is 0 Å². The minimum absolute atomic E-state index is 0.00843. The van der Waals surface area contributed by atoms with Crippen molar-refractivity contribution in [3.8, 4) is 0 Å². The Kier molecular flexibility index (Phi) is 6.81. The van der Waals surface area contributed by atoms with Crippen molar-refractivity contribution >= 4 is 27.4 Å². The number of sulfone groups is 1. The number of para-hydroxylation sites is 1. The first-order valence-corrected chi connectivity index (χ1v) is 10.4. The molecule has 0 bridgehead atoms. The zero-order valence-corrected chi connectivity index (χ0v) is 15.5. The standard InChI is InChI=1S/C17H26N4O3S/c1-3-18-17(19-9-10-25(23,24)4-2)20-12-13-11-16(22)21-15-8-6-5-7-14(13)15/h5-8,13H,3-4,9-12H2,1-2H3,(H,21,22)(H2,18,19,20). The first-order chi connectivity index (χ1) is 11.9. The number of anilines is 1. The molecular weight excluding hydrogens is 340 g/mol. The number of nitrogens with zero attached hydrogens (tertiary/aromatic N) is 1. The Morgan fingerprint density at radius 2 is 2.04 bits per heavy atom. The summed E-state index contributed by atoms with van der Waals surface area (Å²) in [7, 11) is -3.01. The molecule has 25 heavy (non-hydrogen) atoms. The van der Waals surface area contributed by atoms with Crippen LogP contribution in [0.1, 0.15) is 31.7 Å². The number of aliphatic imine (C=N–C) groups is 1. The fourth-order valence-corrected chi connectivity index (χ4v) is 3.38. The van der Waals surface area contributed by atoms with Crippen LogP contribution in [0, 0.1) is 0 Å². The maximum absolute atomic E-state index is 11.9. The van der Waals surface area contributed by atoms with Gasteiger partial charge >= 0.3 is 0 Å². The molecule has 2 rings (SSSR count). The van der Waals surface area contributed by atoms with Gasteiger partial charge in [-0.1, -0.05) is 25.1 Å². The van der Waals surface area contributed by atoms with Crippen molar-refractivity contribution in [1.29, 1.82) is 0 Å². The second kappa shape index (κ2) is 8.84. The average molecular weight is 366 g/mol. The van der Waals surface area contributed by atoms with E-state index >= 15 is 0 Å². The lowest BCUT2D eigenvalue weighted by Gasteiger charge is -2.24. The van der Waals surface area contributed by atoms with Gasteiger partial charge in [0.05, 0.1) is 12.3 Å². The molecular formula is C17H26N4O3S. The molecule has 0 aromatic heterocycles. The van der Waals surface area contributed by atoms with Gasteiger partial charge in [-0.15, -0.1) is 0 Å². The van der Waals surface area contributed by atoms with Crippen LogP contribution in [0.15, 0.2) is 29.3 Å². The maximum atomic E-state index is 11.9. The van der Waals surface area contributed by atoms with Gasteiger partial charge < -0.3 is 16.0 Å². The molecule has 1 unspecified atom stereocenters. The summed E-state index contributed by atoms with van der Waals surface area (Å²) in [5.41, 5.74) is 1.92. The number of hydrogen-bond donors (Lipinski definition) is 3. The quantitative estimate of drug-likeness (QED) is 0.496. The van der Waals surface area contributed by atoms with Gasteiger partial charge in [-0.25, -0.2) is 8.42 Å². The van der Waals surface area contributed by atoms with Crippen LogP contribution in [0.2, 0.25) is 0 Å². The Morgan fingerprint density at radius 1 is 1.28 bits per heavy atom. The van der Waals surface area contributed by atoms with Crippen LogP contribution in [0.3, 0.4) is 0 Å². The van der Waals surface area contributed by atoms with Crippen LogP contribution >= 0.6 is 0 Å². The average Bonchev–Trinajstić information content (AvgIpc) is 2.59. The van der Waals surface area contributed by atoms with Crippen molar-refractivity contribution in [2.45, 2.75) is 26.2 Å². The number of amides is 1. The fraction of sp³-hybridized carbons (Fsp3) is 0.529. The topological polar surface area (TPSA) is 99.7 Å². The third-order valence-electron chi connectivity index (χ3n) is 4.07. The Bertz CT molecular complexity index is 731. The molecule has 1 atom stereocenters. The summed E-state index contributed by atoms with van der Waals surface area (Å²) < 4.78 is 23.1. The molecule has 138 valence electrons. The van der Waals surface area contributed by atoms with Crippen molar-refractivity contribution in [3.05, 3.63) is 29.8 Å². The number of guanidine groups is 1. The molecule has 1 heterocycles. The summed E-state index contributed by atoms with van der Waals surface area (Å²) >= 11 is 0. The lowest BCUT2D eigenvalue weighted by Crippen LogP contribution is -2.40. The number of carbonyl (C=O) groups is 1. The van der Waals surface area contributed by atoms with E-state index in [1.54, 1.807) is 6.92 Å². The lowest BCUT2D eigenvalue weighted by molar-refractivity contribution is -0.116. The summed E-state index contributed by atoms with van der Waals surface area (Å²) in [4.78, 5) is 16.4. The normalized spacial score (nSPS) is 17.6. The van der Waals surface area contributed by atoms with Crippen LogP contribution < -0.4 is 16.0 Å². The highest BCUT2D eigenvalue weighted by molar-refractivity contribution is 7.91. The van der Waals surface area contributed by atoms with Gasteiger partial charge in [-0.2, -0.15) is 0 Å². The minimum atomic E-state index is -3.01. The third kappa shape index (κ3) is 5.74. The molecule has 7 nitrogen and oxygen atoms in total. The first-order valence-electron chi connectivity index (χ1n) is 8.56. The highest BCUT2D eigenvalue weighted by atomic mass is 32.2. The lowest BCUT2D eigenvalue weighted by atomic mass is 9.91. The van der Waals surface area contributed by atoms with E-state index in [0.717, 1.165) is 11.3 Å². The van der Waals surface area contributed by atoms with Crippen molar-refractivity contribution < 1.29 is 13.2 Å². The van der Waals surface area contributed by atoms with Gasteiger partial charge in [-0.3, -0.25) is 9.79 Å². The van der Waals surface area contributed by atoms with Crippen molar-refractivity contribution in [2.75, 3.05) is 36.5 Å². The molecule has 1 aliphatic heterocycles. The SMILES string of the molecule is CCNC(=NCC1CC(=O)Nc2ccccc21)NCCS(=O)(=O)CC. The summed E-state index contributed by atoms with van der Waals surface area (Å²) in [5, 5.41) is 9.02. The second-order valence-corrected chi connectivity index (χ2v) is 8.39. The molecule has 0 fully saturated rings. The highest BCUT2D eigenvalue weighted by Crippen LogP contribution is 2.31. The fourth-order valence-electron chi connectivity index (χ4n) is 2.68. The number of hydrogen-bond acceptors (Lipinski definition) is 4. The van der Waals surface area contributed by atoms with Crippen molar-refractivity contribution in [2.24, 2.45) is 4.99 Å². The van der Waals surface area contributed by atoms with Gasteiger partial charge in [0.2, 0.25) is 5.91 Å². The summed E-state index contributed by atoms with van der Waals surface area (Å²) in [5.74, 6) is 0.779. The second-order valence-electron chi connectivity index (χ2n) is 5.92. The van der Waals surface area contributed by atoms with Crippen molar-refractivity contribution in [1.82, 2.24) is 10.6 Å². The van der Waals surface area contributed by atoms with E-state index in [1.165, 1.54) is 0 Å². The Labute approximate surface area is 149 Å². The molecule has 1 aromatic rings. The van der Waals surface area contributed by atoms with E-state index in [4.69, 9.17) is 0 Å². The smallest absolute Gasteiger partial charge is 0.225 e. The predicted octanol–water partition coefficient (Wildman–Crippen LogP) is 1.10. The molecule has 0 spiro atoms. The molecule has 3 N–H and O–H groups in total. The van der Waals surface area contributed by atoms with Crippen molar-refractivity contribution in [3.63, 3.8) is 0 Å². The molecule has 1 aliphatic rings. The first kappa shape index (κ1) is 19.2. The van der Waals surface area contributed by atoms with E-state index in [-0.39, 0.29) is 23.3 Å². The largest absolute Gasteiger partial charge is 0.357 e. The summed E-state index contributed by atoms with van der Waals surface area (Å²) in [6.07, 6.45) is 0.393. The monoisotopic (exact) mass is 366 g/mol. The predicted molar refractivity (Wildman–Crippen MR) is 101 cm³/mol. The van der Waals surface area contributed by atoms with E-state index < -0.39 is 9.84 Å². The minimum Gasteiger partial charge on any atom is -0.357 e. The number of carbonyl (C=O) groups excluding carboxylic acids is 1. The van der Waals surface area contributed by atoms with Gasteiger partial charge in [0.15, 0.2) is 15.8 Å². The van der Waals surface area contributed by atoms with E-state index in [0.29, 0.717) is 32.0 Å².